The van der Waals surface area contributed by atoms with Gasteiger partial charge in [0, 0.05) is 19.3 Å². The predicted octanol–water partition coefficient (Wildman–Crippen LogP) is 24.0. The molecule has 0 bridgehead atoms. The topological polar surface area (TPSA) is 78.9 Å². The van der Waals surface area contributed by atoms with E-state index in [9.17, 15) is 14.4 Å². The zero-order chi connectivity index (χ0) is 58.5. The van der Waals surface area contributed by atoms with Crippen molar-refractivity contribution in [3.63, 3.8) is 0 Å². The summed E-state index contributed by atoms with van der Waals surface area (Å²) >= 11 is 0. The molecule has 0 aliphatic carbocycles. The van der Waals surface area contributed by atoms with Gasteiger partial charge in [0.1, 0.15) is 13.2 Å². The molecule has 0 N–H and O–H groups in total. The van der Waals surface area contributed by atoms with Gasteiger partial charge in [-0.1, -0.05) is 317 Å². The van der Waals surface area contributed by atoms with Gasteiger partial charge in [-0.3, -0.25) is 14.4 Å². The van der Waals surface area contributed by atoms with Crippen molar-refractivity contribution in [2.24, 2.45) is 0 Å². The van der Waals surface area contributed by atoms with Gasteiger partial charge in [-0.05, 0) is 103 Å². The van der Waals surface area contributed by atoms with Crippen LogP contribution >= 0.6 is 0 Å². The van der Waals surface area contributed by atoms with E-state index in [4.69, 9.17) is 14.2 Å². The Kier molecular flexibility index (Phi) is 65.7. The van der Waals surface area contributed by atoms with Crippen LogP contribution in [0.2, 0.25) is 0 Å². The second-order valence-electron chi connectivity index (χ2n) is 23.1. The van der Waals surface area contributed by atoms with Crippen molar-refractivity contribution in [2.45, 2.75) is 348 Å². The summed E-state index contributed by atoms with van der Waals surface area (Å²) in [6.07, 6.45) is 92.9. The van der Waals surface area contributed by atoms with Gasteiger partial charge in [0.2, 0.25) is 0 Å². The number of rotatable bonds is 63. The third kappa shape index (κ3) is 67.0. The maximum absolute atomic E-state index is 12.9. The lowest BCUT2D eigenvalue weighted by Crippen LogP contribution is -2.30. The molecule has 0 aromatic heterocycles. The van der Waals surface area contributed by atoms with Crippen LogP contribution in [0.25, 0.3) is 0 Å². The molecule has 6 heteroatoms. The fourth-order valence-corrected chi connectivity index (χ4v) is 9.89. The molecule has 1 atom stereocenters. The minimum absolute atomic E-state index is 0.0916. The fraction of sp³-hybridized carbons (Fsp3) is 0.747. The summed E-state index contributed by atoms with van der Waals surface area (Å²) < 4.78 is 16.9. The summed E-state index contributed by atoms with van der Waals surface area (Å²) in [7, 11) is 0. The molecule has 0 aliphatic rings. The van der Waals surface area contributed by atoms with E-state index in [0.29, 0.717) is 19.3 Å². The van der Waals surface area contributed by atoms with Crippen LogP contribution in [0.1, 0.15) is 342 Å². The van der Waals surface area contributed by atoms with Gasteiger partial charge < -0.3 is 14.2 Å². The Balaban J connectivity index is 4.30. The molecule has 0 heterocycles. The highest BCUT2D eigenvalue weighted by Crippen LogP contribution is 2.17. The average Bonchev–Trinajstić information content (AvgIpc) is 3.46. The minimum Gasteiger partial charge on any atom is -0.462 e. The highest BCUT2D eigenvalue weighted by atomic mass is 16.6. The standard InChI is InChI=1S/C75H130O6/c1-4-7-10-13-16-19-22-25-27-29-31-33-34-35-36-37-38-39-40-42-43-45-47-50-53-56-59-62-65-68-74(77)80-71-72(70-79-73(76)67-64-61-58-55-52-49-24-21-18-15-12-9-6-3)81-75(78)69-66-63-60-57-54-51-48-46-44-41-32-30-28-26-23-20-17-14-11-8-5-2/h8,11,17,20,22,25-26,28-29,31-32,41,46,48,54,57,72H,4-7,9-10,12-16,18-19,21,23-24,27,30,33-40,42-45,47,49-53,55-56,58-71H2,1-3H3/b11-8-,20-17-,25-22-,28-26-,31-29-,41-32-,48-46-,57-54-. The quantitative estimate of drug-likeness (QED) is 0.0261. The first kappa shape index (κ1) is 77.3. The van der Waals surface area contributed by atoms with Gasteiger partial charge in [0.15, 0.2) is 6.10 Å². The first-order valence-corrected chi connectivity index (χ1v) is 34.7. The molecule has 466 valence electrons. The van der Waals surface area contributed by atoms with Crippen LogP contribution in [0.4, 0.5) is 0 Å². The molecule has 81 heavy (non-hydrogen) atoms. The van der Waals surface area contributed by atoms with Crippen LogP contribution in [-0.2, 0) is 28.6 Å². The van der Waals surface area contributed by atoms with E-state index in [0.717, 1.165) is 96.3 Å². The number of carbonyl (C=O) groups is 3. The number of hydrogen-bond acceptors (Lipinski definition) is 6. The Morgan fingerprint density at radius 1 is 0.259 bits per heavy atom. The maximum Gasteiger partial charge on any atom is 0.306 e. The summed E-state index contributed by atoms with van der Waals surface area (Å²) in [5, 5.41) is 0. The van der Waals surface area contributed by atoms with E-state index in [1.807, 2.05) is 0 Å². The Bertz CT molecular complexity index is 1580. The van der Waals surface area contributed by atoms with Gasteiger partial charge in [0.05, 0.1) is 0 Å². The lowest BCUT2D eigenvalue weighted by atomic mass is 10.0. The molecule has 0 aromatic rings. The van der Waals surface area contributed by atoms with E-state index in [2.05, 4.69) is 118 Å². The number of hydrogen-bond donors (Lipinski definition) is 0. The molecule has 0 aliphatic heterocycles. The smallest absolute Gasteiger partial charge is 0.306 e. The lowest BCUT2D eigenvalue weighted by molar-refractivity contribution is -0.167. The number of carbonyl (C=O) groups excluding carboxylic acids is 3. The first-order valence-electron chi connectivity index (χ1n) is 34.7. The lowest BCUT2D eigenvalue weighted by Gasteiger charge is -2.18. The second-order valence-corrected chi connectivity index (χ2v) is 23.1. The average molecular weight is 1130 g/mol. The zero-order valence-corrected chi connectivity index (χ0v) is 53.5. The molecule has 0 saturated heterocycles. The van der Waals surface area contributed by atoms with Gasteiger partial charge >= 0.3 is 17.9 Å². The van der Waals surface area contributed by atoms with Gasteiger partial charge in [0.25, 0.3) is 0 Å². The third-order valence-electron chi connectivity index (χ3n) is 15.1. The van der Waals surface area contributed by atoms with E-state index >= 15 is 0 Å². The van der Waals surface area contributed by atoms with Gasteiger partial charge in [-0.2, -0.15) is 0 Å². The molecule has 0 amide bonds. The van der Waals surface area contributed by atoms with Crippen molar-refractivity contribution < 1.29 is 28.6 Å². The first-order chi connectivity index (χ1) is 40.0. The van der Waals surface area contributed by atoms with Crippen LogP contribution in [0, 0.1) is 0 Å². The highest BCUT2D eigenvalue weighted by Gasteiger charge is 2.19. The largest absolute Gasteiger partial charge is 0.462 e. The molecule has 0 saturated carbocycles. The third-order valence-corrected chi connectivity index (χ3v) is 15.1. The molecular weight excluding hydrogens is 997 g/mol. The minimum atomic E-state index is -0.800. The summed E-state index contributed by atoms with van der Waals surface area (Å²) in [6.45, 7) is 6.52. The van der Waals surface area contributed by atoms with E-state index in [1.54, 1.807) is 0 Å². The fourth-order valence-electron chi connectivity index (χ4n) is 9.89. The van der Waals surface area contributed by atoms with Crippen LogP contribution in [-0.4, -0.2) is 37.2 Å². The van der Waals surface area contributed by atoms with E-state index in [-0.39, 0.29) is 37.5 Å². The summed E-state index contributed by atoms with van der Waals surface area (Å²) in [4.78, 5) is 38.4. The van der Waals surface area contributed by atoms with Crippen LogP contribution in [0.3, 0.4) is 0 Å². The van der Waals surface area contributed by atoms with Crippen molar-refractivity contribution in [3.05, 3.63) is 97.2 Å². The van der Waals surface area contributed by atoms with Crippen LogP contribution in [0.15, 0.2) is 97.2 Å². The monoisotopic (exact) mass is 1130 g/mol. The van der Waals surface area contributed by atoms with E-state index in [1.165, 1.54) is 199 Å². The number of unbranched alkanes of at least 4 members (excludes halogenated alkanes) is 36. The van der Waals surface area contributed by atoms with Crippen molar-refractivity contribution in [1.29, 1.82) is 0 Å². The molecular formula is C75H130O6. The molecule has 0 radical (unpaired) electrons. The van der Waals surface area contributed by atoms with Crippen LogP contribution in [0.5, 0.6) is 0 Å². The van der Waals surface area contributed by atoms with Crippen molar-refractivity contribution in [2.75, 3.05) is 13.2 Å². The Morgan fingerprint density at radius 3 is 0.778 bits per heavy atom. The Morgan fingerprint density at radius 2 is 0.481 bits per heavy atom. The van der Waals surface area contributed by atoms with Crippen molar-refractivity contribution in [3.8, 4) is 0 Å². The molecule has 0 spiro atoms. The maximum atomic E-state index is 12.9. The normalized spacial score (nSPS) is 12.7. The van der Waals surface area contributed by atoms with Gasteiger partial charge in [-0.15, -0.1) is 0 Å². The Labute approximate surface area is 502 Å². The SMILES string of the molecule is CC/C=C\C/C=C\C/C=C\C/C=C\C/C=C\C/C=C\CCCCC(=O)OC(COC(=O)CCCCCCCCCCCCCCC)COC(=O)CCCCCCCCCCCCCCCCCCC/C=C\C/C=C\CCCCCCC. The van der Waals surface area contributed by atoms with Gasteiger partial charge in [-0.25, -0.2) is 0 Å². The second kappa shape index (κ2) is 68.8. The molecule has 1 unspecified atom stereocenters. The number of esters is 3. The molecule has 0 rings (SSSR count). The summed E-state index contributed by atoms with van der Waals surface area (Å²) in [6, 6.07) is 0. The summed E-state index contributed by atoms with van der Waals surface area (Å²) in [5.41, 5.74) is 0. The molecule has 0 aromatic carbocycles. The summed E-state index contributed by atoms with van der Waals surface area (Å²) in [5.74, 6) is -0.920. The van der Waals surface area contributed by atoms with Crippen molar-refractivity contribution >= 4 is 17.9 Å². The number of ether oxygens (including phenoxy) is 3. The highest BCUT2D eigenvalue weighted by molar-refractivity contribution is 5.71. The van der Waals surface area contributed by atoms with Crippen LogP contribution < -0.4 is 0 Å². The zero-order valence-electron chi connectivity index (χ0n) is 53.5. The van der Waals surface area contributed by atoms with E-state index < -0.39 is 6.10 Å². The molecule has 0 fully saturated rings. The molecule has 6 nitrogen and oxygen atoms in total. The number of allylic oxidation sites excluding steroid dienone is 16. The van der Waals surface area contributed by atoms with Crippen molar-refractivity contribution in [1.82, 2.24) is 0 Å². The predicted molar refractivity (Wildman–Crippen MR) is 353 cm³/mol. The Hall–Kier alpha value is -3.67.